The summed E-state index contributed by atoms with van der Waals surface area (Å²) in [6.45, 7) is 2.23. The van der Waals surface area contributed by atoms with Gasteiger partial charge in [0.2, 0.25) is 0 Å². The summed E-state index contributed by atoms with van der Waals surface area (Å²) in [6.07, 6.45) is 3.66. The lowest BCUT2D eigenvalue weighted by molar-refractivity contribution is 0.415. The molecule has 0 spiro atoms. The molecule has 2 aromatic rings. The van der Waals surface area contributed by atoms with Crippen molar-refractivity contribution in [2.45, 2.75) is 26.2 Å². The van der Waals surface area contributed by atoms with Crippen molar-refractivity contribution in [1.82, 2.24) is 0 Å². The van der Waals surface area contributed by atoms with Crippen LogP contribution in [0.25, 0.3) is 10.8 Å². The largest absolute Gasteiger partial charge is 0.497 e. The third-order valence-electron chi connectivity index (χ3n) is 2.98. The highest BCUT2D eigenvalue weighted by Crippen LogP contribution is 2.24. The highest BCUT2D eigenvalue weighted by atomic mass is 16.5. The fourth-order valence-corrected chi connectivity index (χ4v) is 2.04. The van der Waals surface area contributed by atoms with Crippen LogP contribution < -0.4 is 4.74 Å². The summed E-state index contributed by atoms with van der Waals surface area (Å²) in [5.41, 5.74) is 1.45. The summed E-state index contributed by atoms with van der Waals surface area (Å²) in [7, 11) is 1.71. The molecule has 0 saturated heterocycles. The van der Waals surface area contributed by atoms with Gasteiger partial charge in [-0.1, -0.05) is 37.6 Å². The zero-order chi connectivity index (χ0) is 11.4. The van der Waals surface area contributed by atoms with Gasteiger partial charge in [0.1, 0.15) is 5.75 Å². The first-order valence-electron chi connectivity index (χ1n) is 5.91. The molecule has 1 heteroatoms. The van der Waals surface area contributed by atoms with Gasteiger partial charge in [-0.3, -0.25) is 0 Å². The first-order chi connectivity index (χ1) is 7.85. The Balaban J connectivity index is 2.43. The van der Waals surface area contributed by atoms with Gasteiger partial charge in [0.05, 0.1) is 7.11 Å². The van der Waals surface area contributed by atoms with E-state index in [2.05, 4.69) is 37.3 Å². The molecule has 2 aromatic carbocycles. The van der Waals surface area contributed by atoms with Crippen molar-refractivity contribution >= 4 is 10.8 Å². The second kappa shape index (κ2) is 5.02. The number of ether oxygens (including phenoxy) is 1. The maximum absolute atomic E-state index is 5.24. The Bertz CT molecular complexity index is 474. The lowest BCUT2D eigenvalue weighted by Crippen LogP contribution is -1.88. The van der Waals surface area contributed by atoms with Crippen LogP contribution in [0.4, 0.5) is 0 Å². The van der Waals surface area contributed by atoms with Gasteiger partial charge in [-0.2, -0.15) is 0 Å². The second-order valence-electron chi connectivity index (χ2n) is 4.11. The molecule has 0 heterocycles. The van der Waals surface area contributed by atoms with Gasteiger partial charge in [-0.05, 0) is 41.3 Å². The second-order valence-corrected chi connectivity index (χ2v) is 4.11. The lowest BCUT2D eigenvalue weighted by Gasteiger charge is -2.07. The topological polar surface area (TPSA) is 9.23 Å². The van der Waals surface area contributed by atoms with E-state index in [1.807, 2.05) is 6.07 Å². The smallest absolute Gasteiger partial charge is 0.119 e. The number of hydrogen-bond acceptors (Lipinski definition) is 1. The van der Waals surface area contributed by atoms with E-state index in [1.165, 1.54) is 35.6 Å². The molecule has 84 valence electrons. The SMILES string of the molecule is CCCCc1cccc2cc(OC)ccc12. The number of unbranched alkanes of at least 4 members (excludes halogenated alkanes) is 1. The highest BCUT2D eigenvalue weighted by Gasteiger charge is 2.01. The van der Waals surface area contributed by atoms with Crippen molar-refractivity contribution in [3.05, 3.63) is 42.0 Å². The molecular weight excluding hydrogens is 196 g/mol. The number of fused-ring (bicyclic) bond motifs is 1. The molecule has 2 rings (SSSR count). The minimum atomic E-state index is 0.931. The standard InChI is InChI=1S/C15H18O/c1-3-4-6-12-7-5-8-13-11-14(16-2)9-10-15(12)13/h5,7-11H,3-4,6H2,1-2H3. The summed E-state index contributed by atoms with van der Waals surface area (Å²) < 4.78 is 5.24. The molecule has 0 N–H and O–H groups in total. The predicted molar refractivity (Wildman–Crippen MR) is 69.1 cm³/mol. The van der Waals surface area contributed by atoms with Crippen LogP contribution in [-0.2, 0) is 6.42 Å². The molecule has 0 amide bonds. The molecule has 0 aromatic heterocycles. The van der Waals surface area contributed by atoms with Crippen LogP contribution in [0.5, 0.6) is 5.75 Å². The minimum Gasteiger partial charge on any atom is -0.497 e. The van der Waals surface area contributed by atoms with Gasteiger partial charge in [0.25, 0.3) is 0 Å². The van der Waals surface area contributed by atoms with Crippen LogP contribution in [0.2, 0.25) is 0 Å². The number of hydrogen-bond donors (Lipinski definition) is 0. The Morgan fingerprint density at radius 2 is 2.00 bits per heavy atom. The molecule has 0 saturated carbocycles. The molecule has 16 heavy (non-hydrogen) atoms. The summed E-state index contributed by atoms with van der Waals surface area (Å²) in [4.78, 5) is 0. The first-order valence-corrected chi connectivity index (χ1v) is 5.91. The molecule has 0 aliphatic carbocycles. The Kier molecular flexibility index (Phi) is 3.45. The van der Waals surface area contributed by atoms with Crippen LogP contribution in [0.3, 0.4) is 0 Å². The quantitative estimate of drug-likeness (QED) is 0.741. The van der Waals surface area contributed by atoms with Crippen LogP contribution in [0.15, 0.2) is 36.4 Å². The molecule has 1 nitrogen and oxygen atoms in total. The number of benzene rings is 2. The van der Waals surface area contributed by atoms with E-state index < -0.39 is 0 Å². The highest BCUT2D eigenvalue weighted by molar-refractivity contribution is 5.87. The molecule has 0 atom stereocenters. The van der Waals surface area contributed by atoms with Crippen molar-refractivity contribution in [2.75, 3.05) is 7.11 Å². The van der Waals surface area contributed by atoms with E-state index in [1.54, 1.807) is 7.11 Å². The van der Waals surface area contributed by atoms with Crippen molar-refractivity contribution < 1.29 is 4.74 Å². The average molecular weight is 214 g/mol. The van der Waals surface area contributed by atoms with Crippen LogP contribution in [0, 0.1) is 0 Å². The van der Waals surface area contributed by atoms with E-state index in [4.69, 9.17) is 4.74 Å². The van der Waals surface area contributed by atoms with E-state index in [0.29, 0.717) is 0 Å². The minimum absolute atomic E-state index is 0.931. The third kappa shape index (κ3) is 2.19. The summed E-state index contributed by atoms with van der Waals surface area (Å²) in [5.74, 6) is 0.931. The van der Waals surface area contributed by atoms with Crippen LogP contribution in [0.1, 0.15) is 25.3 Å². The first kappa shape index (κ1) is 11.0. The fraction of sp³-hybridized carbons (Fsp3) is 0.333. The molecule has 0 radical (unpaired) electrons. The zero-order valence-electron chi connectivity index (χ0n) is 9.99. The van der Waals surface area contributed by atoms with Gasteiger partial charge < -0.3 is 4.74 Å². The molecule has 0 aliphatic heterocycles. The predicted octanol–water partition coefficient (Wildman–Crippen LogP) is 4.19. The lowest BCUT2D eigenvalue weighted by atomic mass is 10.0. The maximum atomic E-state index is 5.24. The van der Waals surface area contributed by atoms with Crippen LogP contribution in [-0.4, -0.2) is 7.11 Å². The van der Waals surface area contributed by atoms with E-state index in [9.17, 15) is 0 Å². The van der Waals surface area contributed by atoms with E-state index in [-0.39, 0.29) is 0 Å². The number of rotatable bonds is 4. The van der Waals surface area contributed by atoms with E-state index in [0.717, 1.165) is 5.75 Å². The van der Waals surface area contributed by atoms with E-state index >= 15 is 0 Å². The molecular formula is C15H18O. The van der Waals surface area contributed by atoms with Gasteiger partial charge >= 0.3 is 0 Å². The molecule has 0 bridgehead atoms. The molecule has 0 aliphatic rings. The number of aryl methyl sites for hydroxylation is 1. The van der Waals surface area contributed by atoms with Crippen LogP contribution >= 0.6 is 0 Å². The Hall–Kier alpha value is -1.50. The average Bonchev–Trinajstić information content (AvgIpc) is 2.35. The van der Waals surface area contributed by atoms with Gasteiger partial charge in [0.15, 0.2) is 0 Å². The van der Waals surface area contributed by atoms with Crippen molar-refractivity contribution in [1.29, 1.82) is 0 Å². The van der Waals surface area contributed by atoms with Crippen molar-refractivity contribution in [3.8, 4) is 5.75 Å². The Labute approximate surface area is 97.1 Å². The Morgan fingerprint density at radius 3 is 2.75 bits per heavy atom. The van der Waals surface area contributed by atoms with Gasteiger partial charge in [0, 0.05) is 0 Å². The summed E-state index contributed by atoms with van der Waals surface area (Å²) >= 11 is 0. The van der Waals surface area contributed by atoms with Gasteiger partial charge in [-0.15, -0.1) is 0 Å². The van der Waals surface area contributed by atoms with Crippen molar-refractivity contribution in [2.24, 2.45) is 0 Å². The van der Waals surface area contributed by atoms with Gasteiger partial charge in [-0.25, -0.2) is 0 Å². The Morgan fingerprint density at radius 1 is 1.12 bits per heavy atom. The summed E-state index contributed by atoms with van der Waals surface area (Å²) in [5, 5.41) is 2.63. The third-order valence-corrected chi connectivity index (χ3v) is 2.98. The molecule has 0 fully saturated rings. The summed E-state index contributed by atoms with van der Waals surface area (Å²) in [6, 6.07) is 12.8. The normalized spacial score (nSPS) is 10.6. The fourth-order valence-electron chi connectivity index (χ4n) is 2.04. The number of methoxy groups -OCH3 is 1. The molecule has 0 unspecified atom stereocenters. The maximum Gasteiger partial charge on any atom is 0.119 e. The monoisotopic (exact) mass is 214 g/mol. The zero-order valence-corrected chi connectivity index (χ0v) is 9.99. The van der Waals surface area contributed by atoms with Crippen molar-refractivity contribution in [3.63, 3.8) is 0 Å².